The minimum Gasteiger partial charge on any atom is -0.489 e. The summed E-state index contributed by atoms with van der Waals surface area (Å²) < 4.78 is 39.5. The third-order valence-corrected chi connectivity index (χ3v) is 6.97. The molecule has 0 unspecified atom stereocenters. The van der Waals surface area contributed by atoms with Crippen molar-refractivity contribution in [3.8, 4) is 5.75 Å². The number of ether oxygens (including phenoxy) is 2. The van der Waals surface area contributed by atoms with E-state index in [1.165, 1.54) is 18.6 Å². The molecule has 38 heavy (non-hydrogen) atoms. The fraction of sp³-hybridized carbons (Fsp3) is 0.500. The summed E-state index contributed by atoms with van der Waals surface area (Å²) >= 11 is 0. The second-order valence-corrected chi connectivity index (χ2v) is 11.2. The fourth-order valence-electron chi connectivity index (χ4n) is 4.87. The number of nitrogens with one attached hydrogen (secondary N) is 1. The molecule has 3 aliphatic rings. The van der Waals surface area contributed by atoms with Gasteiger partial charge in [-0.1, -0.05) is 0 Å². The maximum atomic E-state index is 14.8. The predicted molar refractivity (Wildman–Crippen MR) is 136 cm³/mol. The molecule has 10 nitrogen and oxygen atoms in total. The van der Waals surface area contributed by atoms with Gasteiger partial charge in [0.05, 0.1) is 23.8 Å². The van der Waals surface area contributed by atoms with E-state index in [1.54, 1.807) is 4.90 Å². The van der Waals surface area contributed by atoms with Gasteiger partial charge in [-0.05, 0) is 52.2 Å². The number of aromatic nitrogens is 4. The predicted octanol–water partition coefficient (Wildman–Crippen LogP) is 4.38. The van der Waals surface area contributed by atoms with Crippen LogP contribution in [0.2, 0.25) is 0 Å². The Morgan fingerprint density at radius 1 is 1.16 bits per heavy atom. The number of alkyl halides is 1. The zero-order valence-electron chi connectivity index (χ0n) is 21.4. The van der Waals surface area contributed by atoms with E-state index in [4.69, 9.17) is 14.5 Å². The molecule has 3 aromatic heterocycles. The summed E-state index contributed by atoms with van der Waals surface area (Å²) in [5.41, 5.74) is -0.799. The van der Waals surface area contributed by atoms with Gasteiger partial charge in [-0.15, -0.1) is 0 Å². The number of carbonyl (C=O) groups is 1. The summed E-state index contributed by atoms with van der Waals surface area (Å²) in [4.78, 5) is 34.0. The molecule has 1 N–H and O–H groups in total. The zero-order valence-corrected chi connectivity index (χ0v) is 21.4. The number of hydrogen-bond donors (Lipinski definition) is 1. The van der Waals surface area contributed by atoms with Gasteiger partial charge in [-0.25, -0.2) is 33.5 Å². The maximum Gasteiger partial charge on any atom is 0.410 e. The molecular weight excluding hydrogens is 496 g/mol. The number of anilines is 3. The zero-order chi connectivity index (χ0) is 26.7. The number of hydrogen-bond acceptors (Lipinski definition) is 9. The number of nitrogens with zero attached hydrogens (tertiary/aromatic N) is 6. The van der Waals surface area contributed by atoms with Crippen molar-refractivity contribution < 1.29 is 23.0 Å². The number of halogens is 2. The summed E-state index contributed by atoms with van der Waals surface area (Å²) in [6.45, 7) is 6.66. The Kier molecular flexibility index (Phi) is 5.73. The summed E-state index contributed by atoms with van der Waals surface area (Å²) in [7, 11) is 0. The van der Waals surface area contributed by atoms with Crippen LogP contribution in [0.25, 0.3) is 11.0 Å². The Morgan fingerprint density at radius 3 is 2.66 bits per heavy atom. The highest BCUT2D eigenvalue weighted by Gasteiger charge is 2.47. The summed E-state index contributed by atoms with van der Waals surface area (Å²) in [6.07, 6.45) is 4.17. The topological polar surface area (TPSA) is 106 Å². The minimum atomic E-state index is -1.31. The normalized spacial score (nSPS) is 21.6. The van der Waals surface area contributed by atoms with Gasteiger partial charge in [0.25, 0.3) is 0 Å². The van der Waals surface area contributed by atoms with Gasteiger partial charge in [-0.3, -0.25) is 0 Å². The third kappa shape index (κ3) is 4.86. The molecule has 2 aliphatic heterocycles. The maximum absolute atomic E-state index is 14.8. The molecule has 2 saturated heterocycles. The monoisotopic (exact) mass is 525 g/mol. The van der Waals surface area contributed by atoms with Gasteiger partial charge in [0.15, 0.2) is 17.5 Å². The highest BCUT2D eigenvalue weighted by Crippen LogP contribution is 2.40. The van der Waals surface area contributed by atoms with Crippen LogP contribution < -0.4 is 15.0 Å². The average molecular weight is 526 g/mol. The Labute approximate surface area is 218 Å². The standard InChI is InChI=1S/C26H29F2N7O3/c1-25(2,3)38-24(36)35-12-15-8-16(35)11-34(15)20-5-4-19-21(32-20)23(31-14-30-19)33-22-18(27)9-17(10-29-22)37-13-26(28)6-7-26/h4-5,9-10,14-16H,6-8,11-13H2,1-3H3,(H,29,30,31,33)/t15-,16-/m0/s1. The first-order valence-electron chi connectivity index (χ1n) is 12.7. The summed E-state index contributed by atoms with van der Waals surface area (Å²) in [5, 5.41) is 2.91. The van der Waals surface area contributed by atoms with Crippen molar-refractivity contribution in [2.75, 3.05) is 29.9 Å². The lowest BCUT2D eigenvalue weighted by atomic mass is 10.2. The van der Waals surface area contributed by atoms with E-state index >= 15 is 0 Å². The Balaban J connectivity index is 1.19. The van der Waals surface area contributed by atoms with Crippen LogP contribution in [0.5, 0.6) is 5.75 Å². The smallest absolute Gasteiger partial charge is 0.410 e. The number of piperazine rings is 1. The van der Waals surface area contributed by atoms with Crippen LogP contribution in [0, 0.1) is 5.82 Å². The molecule has 6 rings (SSSR count). The quantitative estimate of drug-likeness (QED) is 0.502. The van der Waals surface area contributed by atoms with Crippen LogP contribution in [-0.2, 0) is 4.74 Å². The minimum absolute atomic E-state index is 0.0446. The third-order valence-electron chi connectivity index (χ3n) is 6.97. The van der Waals surface area contributed by atoms with Crippen LogP contribution >= 0.6 is 0 Å². The Bertz CT molecular complexity index is 1400. The fourth-order valence-corrected chi connectivity index (χ4v) is 4.87. The van der Waals surface area contributed by atoms with E-state index in [0.717, 1.165) is 12.2 Å². The molecular formula is C26H29F2N7O3. The van der Waals surface area contributed by atoms with Crippen molar-refractivity contribution in [3.63, 3.8) is 0 Å². The van der Waals surface area contributed by atoms with Crippen molar-refractivity contribution in [3.05, 3.63) is 36.5 Å². The van der Waals surface area contributed by atoms with Gasteiger partial charge < -0.3 is 24.6 Å². The van der Waals surface area contributed by atoms with E-state index < -0.39 is 17.1 Å². The highest BCUT2D eigenvalue weighted by atomic mass is 19.1. The molecule has 3 aromatic rings. The number of likely N-dealkylation sites (tertiary alicyclic amines) is 1. The molecule has 200 valence electrons. The van der Waals surface area contributed by atoms with Crippen LogP contribution in [-0.4, -0.2) is 74.0 Å². The lowest BCUT2D eigenvalue weighted by Gasteiger charge is -2.35. The number of carbonyl (C=O) groups excluding carboxylic acids is 1. The van der Waals surface area contributed by atoms with E-state index in [1.807, 2.05) is 32.9 Å². The van der Waals surface area contributed by atoms with Gasteiger partial charge in [0.2, 0.25) is 0 Å². The van der Waals surface area contributed by atoms with E-state index in [0.29, 0.717) is 42.8 Å². The molecule has 0 aromatic carbocycles. The largest absolute Gasteiger partial charge is 0.489 e. The van der Waals surface area contributed by atoms with Crippen LogP contribution in [0.4, 0.5) is 31.0 Å². The van der Waals surface area contributed by atoms with Gasteiger partial charge in [0, 0.05) is 19.2 Å². The number of fused-ring (bicyclic) bond motifs is 3. The molecule has 1 aliphatic carbocycles. The van der Waals surface area contributed by atoms with E-state index in [2.05, 4.69) is 25.2 Å². The lowest BCUT2D eigenvalue weighted by Crippen LogP contribution is -2.50. The number of rotatable bonds is 6. The van der Waals surface area contributed by atoms with Crippen molar-refractivity contribution in [1.29, 1.82) is 0 Å². The molecule has 1 amide bonds. The van der Waals surface area contributed by atoms with Crippen molar-refractivity contribution in [2.24, 2.45) is 0 Å². The first-order valence-corrected chi connectivity index (χ1v) is 12.7. The molecule has 1 saturated carbocycles. The lowest BCUT2D eigenvalue weighted by molar-refractivity contribution is 0.0214. The van der Waals surface area contributed by atoms with Crippen LogP contribution in [0.15, 0.2) is 30.7 Å². The van der Waals surface area contributed by atoms with Crippen LogP contribution in [0.3, 0.4) is 0 Å². The average Bonchev–Trinajstić information content (AvgIpc) is 3.27. The van der Waals surface area contributed by atoms with Gasteiger partial charge >= 0.3 is 6.09 Å². The van der Waals surface area contributed by atoms with Crippen LogP contribution in [0.1, 0.15) is 40.0 Å². The summed E-state index contributed by atoms with van der Waals surface area (Å²) in [5.74, 6) is 0.475. The molecule has 5 heterocycles. The number of pyridine rings is 2. The van der Waals surface area contributed by atoms with E-state index in [9.17, 15) is 13.6 Å². The van der Waals surface area contributed by atoms with E-state index in [-0.39, 0.29) is 36.4 Å². The second-order valence-electron chi connectivity index (χ2n) is 11.2. The second kappa shape index (κ2) is 8.88. The van der Waals surface area contributed by atoms with Crippen molar-refractivity contribution in [2.45, 2.75) is 63.4 Å². The first kappa shape index (κ1) is 24.5. The molecule has 0 radical (unpaired) electrons. The molecule has 2 atom stereocenters. The summed E-state index contributed by atoms with van der Waals surface area (Å²) in [6, 6.07) is 5.06. The van der Waals surface area contributed by atoms with Crippen molar-refractivity contribution in [1.82, 2.24) is 24.8 Å². The molecule has 12 heteroatoms. The molecule has 2 bridgehead atoms. The Morgan fingerprint density at radius 2 is 1.97 bits per heavy atom. The Hall–Kier alpha value is -3.83. The highest BCUT2D eigenvalue weighted by molar-refractivity contribution is 5.88. The van der Waals surface area contributed by atoms with Crippen molar-refractivity contribution >= 4 is 34.6 Å². The molecule has 0 spiro atoms. The van der Waals surface area contributed by atoms with Gasteiger partial charge in [0.1, 0.15) is 41.3 Å². The first-order chi connectivity index (χ1) is 18.1. The molecule has 3 fully saturated rings. The van der Waals surface area contributed by atoms with Gasteiger partial charge in [-0.2, -0.15) is 0 Å². The number of amides is 1. The SMILES string of the molecule is CC(C)(C)OC(=O)N1C[C@@H]2C[C@H]1CN2c1ccc2ncnc(Nc3ncc(OCC4(F)CC4)cc3F)c2n1.